The van der Waals surface area contributed by atoms with Crippen LogP contribution in [0.25, 0.3) is 0 Å². The highest BCUT2D eigenvalue weighted by molar-refractivity contribution is 5.88. The minimum absolute atomic E-state index is 0.199. The quantitative estimate of drug-likeness (QED) is 0.930. The Labute approximate surface area is 138 Å². The molecule has 3 nitrogen and oxygen atoms in total. The largest absolute Gasteiger partial charge is 0.342 e. The summed E-state index contributed by atoms with van der Waals surface area (Å²) in [6.07, 6.45) is 5.88. The first-order valence-electron chi connectivity index (χ1n) is 8.84. The van der Waals surface area contributed by atoms with E-state index in [9.17, 15) is 9.18 Å². The number of likely N-dealkylation sites (tertiary alicyclic amines) is 1. The Morgan fingerprint density at radius 2 is 1.78 bits per heavy atom. The molecule has 1 aliphatic carbocycles. The average molecular weight is 318 g/mol. The van der Waals surface area contributed by atoms with E-state index in [0.29, 0.717) is 5.92 Å². The molecule has 23 heavy (non-hydrogen) atoms. The summed E-state index contributed by atoms with van der Waals surface area (Å²) in [6, 6.07) is 6.75. The molecule has 1 aromatic rings. The van der Waals surface area contributed by atoms with E-state index in [0.717, 1.165) is 57.2 Å². The lowest BCUT2D eigenvalue weighted by Crippen LogP contribution is -2.50. The average Bonchev–Trinajstić information content (AvgIpc) is 3.06. The van der Waals surface area contributed by atoms with Crippen LogP contribution in [0.3, 0.4) is 0 Å². The SMILES string of the molecule is CC(N)C1CCN(C(=O)C2(c3ccc(F)cc3)CCCC2)CC1. The van der Waals surface area contributed by atoms with Crippen molar-refractivity contribution in [3.05, 3.63) is 35.6 Å². The van der Waals surface area contributed by atoms with Gasteiger partial charge in [-0.1, -0.05) is 25.0 Å². The fraction of sp³-hybridized carbons (Fsp3) is 0.632. The summed E-state index contributed by atoms with van der Waals surface area (Å²) in [7, 11) is 0. The van der Waals surface area contributed by atoms with E-state index in [4.69, 9.17) is 5.73 Å². The molecule has 1 saturated carbocycles. The van der Waals surface area contributed by atoms with Gasteiger partial charge < -0.3 is 10.6 Å². The van der Waals surface area contributed by atoms with Gasteiger partial charge >= 0.3 is 0 Å². The molecule has 1 unspecified atom stereocenters. The van der Waals surface area contributed by atoms with Gasteiger partial charge in [0.2, 0.25) is 5.91 Å². The van der Waals surface area contributed by atoms with Crippen molar-refractivity contribution in [2.75, 3.05) is 13.1 Å². The summed E-state index contributed by atoms with van der Waals surface area (Å²) < 4.78 is 13.3. The first kappa shape index (κ1) is 16.4. The van der Waals surface area contributed by atoms with Gasteiger partial charge in [-0.3, -0.25) is 4.79 Å². The lowest BCUT2D eigenvalue weighted by atomic mass is 9.77. The number of carbonyl (C=O) groups is 1. The molecular formula is C19H27FN2O. The zero-order valence-corrected chi connectivity index (χ0v) is 13.9. The first-order valence-corrected chi connectivity index (χ1v) is 8.84. The molecule has 0 spiro atoms. The number of hydrogen-bond donors (Lipinski definition) is 1. The van der Waals surface area contributed by atoms with Crippen molar-refractivity contribution >= 4 is 5.91 Å². The predicted molar refractivity (Wildman–Crippen MR) is 89.5 cm³/mol. The summed E-state index contributed by atoms with van der Waals surface area (Å²) in [5, 5.41) is 0. The zero-order chi connectivity index (χ0) is 16.4. The van der Waals surface area contributed by atoms with Gasteiger partial charge in [-0.25, -0.2) is 4.39 Å². The Morgan fingerprint density at radius 1 is 1.22 bits per heavy atom. The van der Waals surface area contributed by atoms with Gasteiger partial charge in [-0.05, 0) is 56.2 Å². The summed E-state index contributed by atoms with van der Waals surface area (Å²) in [5.74, 6) is 0.515. The molecule has 126 valence electrons. The molecule has 0 bridgehead atoms. The predicted octanol–water partition coefficient (Wildman–Crippen LogP) is 3.22. The van der Waals surface area contributed by atoms with Crippen LogP contribution in [0.15, 0.2) is 24.3 Å². The Morgan fingerprint density at radius 3 is 2.30 bits per heavy atom. The van der Waals surface area contributed by atoms with Crippen LogP contribution in [-0.4, -0.2) is 29.9 Å². The Bertz CT molecular complexity index is 541. The molecule has 1 aromatic carbocycles. The van der Waals surface area contributed by atoms with E-state index < -0.39 is 5.41 Å². The van der Waals surface area contributed by atoms with Crippen molar-refractivity contribution in [1.29, 1.82) is 0 Å². The second-order valence-electron chi connectivity index (χ2n) is 7.28. The number of amides is 1. The Balaban J connectivity index is 1.79. The molecule has 0 radical (unpaired) electrons. The fourth-order valence-electron chi connectivity index (χ4n) is 4.30. The van der Waals surface area contributed by atoms with Crippen LogP contribution in [0, 0.1) is 11.7 Å². The van der Waals surface area contributed by atoms with Gasteiger partial charge in [-0.15, -0.1) is 0 Å². The van der Waals surface area contributed by atoms with E-state index in [-0.39, 0.29) is 17.8 Å². The molecule has 1 aliphatic heterocycles. The van der Waals surface area contributed by atoms with Crippen molar-refractivity contribution in [3.63, 3.8) is 0 Å². The van der Waals surface area contributed by atoms with Crippen molar-refractivity contribution in [3.8, 4) is 0 Å². The highest BCUT2D eigenvalue weighted by atomic mass is 19.1. The molecule has 1 saturated heterocycles. The highest BCUT2D eigenvalue weighted by Gasteiger charge is 2.45. The van der Waals surface area contributed by atoms with Crippen LogP contribution in [-0.2, 0) is 10.2 Å². The Kier molecular flexibility index (Phi) is 4.72. The third-order valence-electron chi connectivity index (χ3n) is 5.83. The van der Waals surface area contributed by atoms with Crippen LogP contribution in [0.2, 0.25) is 0 Å². The van der Waals surface area contributed by atoms with Crippen molar-refractivity contribution in [2.45, 2.75) is 56.9 Å². The maximum Gasteiger partial charge on any atom is 0.233 e. The number of benzene rings is 1. The molecule has 2 fully saturated rings. The van der Waals surface area contributed by atoms with Crippen molar-refractivity contribution < 1.29 is 9.18 Å². The van der Waals surface area contributed by atoms with E-state index in [1.54, 1.807) is 12.1 Å². The molecule has 0 aromatic heterocycles. The maximum absolute atomic E-state index is 13.3. The zero-order valence-electron chi connectivity index (χ0n) is 13.9. The van der Waals surface area contributed by atoms with Gasteiger partial charge in [0.05, 0.1) is 5.41 Å². The lowest BCUT2D eigenvalue weighted by molar-refractivity contribution is -0.138. The van der Waals surface area contributed by atoms with E-state index >= 15 is 0 Å². The van der Waals surface area contributed by atoms with E-state index in [2.05, 4.69) is 6.92 Å². The van der Waals surface area contributed by atoms with Crippen LogP contribution < -0.4 is 5.73 Å². The van der Waals surface area contributed by atoms with Crippen LogP contribution in [0.5, 0.6) is 0 Å². The number of piperidine rings is 1. The smallest absolute Gasteiger partial charge is 0.233 e. The fourth-order valence-corrected chi connectivity index (χ4v) is 4.30. The molecule has 1 heterocycles. The molecule has 2 aliphatic rings. The second kappa shape index (κ2) is 6.60. The van der Waals surface area contributed by atoms with E-state index in [1.165, 1.54) is 12.1 Å². The van der Waals surface area contributed by atoms with Gasteiger partial charge in [0, 0.05) is 19.1 Å². The summed E-state index contributed by atoms with van der Waals surface area (Å²) in [6.45, 7) is 3.65. The lowest BCUT2D eigenvalue weighted by Gasteiger charge is -2.39. The molecule has 4 heteroatoms. The van der Waals surface area contributed by atoms with Crippen LogP contribution in [0.1, 0.15) is 51.0 Å². The number of hydrogen-bond acceptors (Lipinski definition) is 2. The standard InChI is InChI=1S/C19H27FN2O/c1-14(21)15-8-12-22(13-9-15)18(23)19(10-2-3-11-19)16-4-6-17(20)7-5-16/h4-7,14-15H,2-3,8-13,21H2,1H3. The van der Waals surface area contributed by atoms with Crippen LogP contribution in [0.4, 0.5) is 4.39 Å². The van der Waals surface area contributed by atoms with Crippen molar-refractivity contribution in [2.24, 2.45) is 11.7 Å². The molecule has 3 rings (SSSR count). The normalized spacial score (nSPS) is 23.0. The first-order chi connectivity index (χ1) is 11.0. The maximum atomic E-state index is 13.3. The minimum atomic E-state index is -0.436. The topological polar surface area (TPSA) is 46.3 Å². The molecule has 1 atom stereocenters. The number of halogens is 1. The highest BCUT2D eigenvalue weighted by Crippen LogP contribution is 2.43. The van der Waals surface area contributed by atoms with Crippen LogP contribution >= 0.6 is 0 Å². The molecule has 2 N–H and O–H groups in total. The van der Waals surface area contributed by atoms with E-state index in [1.807, 2.05) is 4.90 Å². The number of rotatable bonds is 3. The third-order valence-corrected chi connectivity index (χ3v) is 5.83. The van der Waals surface area contributed by atoms with Gasteiger partial charge in [-0.2, -0.15) is 0 Å². The molecular weight excluding hydrogens is 291 g/mol. The second-order valence-corrected chi connectivity index (χ2v) is 7.28. The minimum Gasteiger partial charge on any atom is -0.342 e. The number of carbonyl (C=O) groups excluding carboxylic acids is 1. The summed E-state index contributed by atoms with van der Waals surface area (Å²) in [4.78, 5) is 15.3. The number of nitrogens with zero attached hydrogens (tertiary/aromatic N) is 1. The monoisotopic (exact) mass is 318 g/mol. The van der Waals surface area contributed by atoms with Gasteiger partial charge in [0.25, 0.3) is 0 Å². The summed E-state index contributed by atoms with van der Waals surface area (Å²) in [5.41, 5.74) is 6.55. The van der Waals surface area contributed by atoms with Gasteiger partial charge in [0.1, 0.15) is 5.82 Å². The number of nitrogens with two attached hydrogens (primary N) is 1. The third kappa shape index (κ3) is 3.14. The van der Waals surface area contributed by atoms with Gasteiger partial charge in [0.15, 0.2) is 0 Å². The summed E-state index contributed by atoms with van der Waals surface area (Å²) >= 11 is 0. The molecule has 1 amide bonds. The van der Waals surface area contributed by atoms with Crippen molar-refractivity contribution in [1.82, 2.24) is 4.90 Å². The Hall–Kier alpha value is -1.42.